The Kier molecular flexibility index (Phi) is 4.49. The predicted octanol–water partition coefficient (Wildman–Crippen LogP) is 2.86. The van der Waals surface area contributed by atoms with Crippen molar-refractivity contribution in [2.45, 2.75) is 39.2 Å². The van der Waals surface area contributed by atoms with Gasteiger partial charge >= 0.3 is 0 Å². The number of aromatic nitrogens is 4. The van der Waals surface area contributed by atoms with Gasteiger partial charge in [-0.3, -0.25) is 0 Å². The zero-order valence-corrected chi connectivity index (χ0v) is 11.7. The summed E-state index contributed by atoms with van der Waals surface area (Å²) >= 11 is 0. The Morgan fingerprint density at radius 1 is 1.26 bits per heavy atom. The van der Waals surface area contributed by atoms with Gasteiger partial charge < -0.3 is 9.88 Å². The number of rotatable bonds is 6. The van der Waals surface area contributed by atoms with Crippen LogP contribution >= 0.6 is 0 Å². The molecule has 0 unspecified atom stereocenters. The van der Waals surface area contributed by atoms with Gasteiger partial charge in [0.2, 0.25) is 0 Å². The Balaban J connectivity index is 1.84. The van der Waals surface area contributed by atoms with E-state index in [1.165, 1.54) is 0 Å². The Morgan fingerprint density at radius 2 is 2.11 bits per heavy atom. The van der Waals surface area contributed by atoms with Crippen molar-refractivity contribution in [1.29, 1.82) is 0 Å². The Labute approximate surface area is 114 Å². The molecule has 2 aromatic heterocycles. The molecule has 0 aliphatic heterocycles. The van der Waals surface area contributed by atoms with Gasteiger partial charge in [0.1, 0.15) is 12.1 Å². The number of anilines is 1. The molecule has 0 aliphatic rings. The van der Waals surface area contributed by atoms with Gasteiger partial charge in [-0.2, -0.15) is 0 Å². The van der Waals surface area contributed by atoms with Crippen LogP contribution in [0.3, 0.4) is 0 Å². The van der Waals surface area contributed by atoms with Crippen LogP contribution in [0, 0.1) is 0 Å². The molecule has 0 amide bonds. The highest BCUT2D eigenvalue weighted by Crippen LogP contribution is 2.14. The first-order valence-corrected chi connectivity index (χ1v) is 6.70. The van der Waals surface area contributed by atoms with Gasteiger partial charge in [0.25, 0.3) is 0 Å². The molecule has 0 radical (unpaired) electrons. The van der Waals surface area contributed by atoms with Gasteiger partial charge in [-0.25, -0.2) is 15.0 Å². The molecule has 0 bridgehead atoms. The van der Waals surface area contributed by atoms with Crippen LogP contribution < -0.4 is 5.32 Å². The molecule has 0 saturated carbocycles. The fourth-order valence-corrected chi connectivity index (χ4v) is 1.87. The van der Waals surface area contributed by atoms with Crippen LogP contribution in [-0.4, -0.2) is 26.1 Å². The van der Waals surface area contributed by atoms with Crippen molar-refractivity contribution in [3.63, 3.8) is 0 Å². The molecule has 1 atom stereocenters. The highest BCUT2D eigenvalue weighted by atomic mass is 15.1. The molecule has 102 valence electrons. The summed E-state index contributed by atoms with van der Waals surface area (Å²) in [7, 11) is 0. The van der Waals surface area contributed by atoms with Crippen molar-refractivity contribution >= 4 is 5.82 Å². The molecule has 0 fully saturated rings. The number of hydrogen-bond donors (Lipinski definition) is 1. The summed E-state index contributed by atoms with van der Waals surface area (Å²) in [5.41, 5.74) is 1.07. The minimum absolute atomic E-state index is 0.424. The van der Waals surface area contributed by atoms with Crippen LogP contribution in [0.15, 0.2) is 31.1 Å². The van der Waals surface area contributed by atoms with E-state index in [0.717, 1.165) is 24.5 Å². The zero-order valence-electron chi connectivity index (χ0n) is 11.7. The lowest BCUT2D eigenvalue weighted by atomic mass is 10.1. The monoisotopic (exact) mass is 259 g/mol. The molecule has 5 nitrogen and oxygen atoms in total. The standard InChI is InChI=1S/C14H21N5/c1-11(2)13-8-14(18-9-17-13)16-5-4-12(3)19-7-6-15-10-19/h6-12H,4-5H2,1-3H3,(H,16,17,18)/t12-/m0/s1. The molecule has 0 aliphatic carbocycles. The quantitative estimate of drug-likeness (QED) is 0.866. The normalized spacial score (nSPS) is 12.6. The number of nitrogens with one attached hydrogen (secondary N) is 1. The van der Waals surface area contributed by atoms with E-state index in [1.807, 2.05) is 24.8 Å². The summed E-state index contributed by atoms with van der Waals surface area (Å²) in [5.74, 6) is 1.32. The van der Waals surface area contributed by atoms with Crippen LogP contribution in [0.1, 0.15) is 44.8 Å². The van der Waals surface area contributed by atoms with Crippen molar-refractivity contribution in [1.82, 2.24) is 19.5 Å². The van der Waals surface area contributed by atoms with Crippen LogP contribution in [0.5, 0.6) is 0 Å². The number of nitrogens with zero attached hydrogens (tertiary/aromatic N) is 4. The van der Waals surface area contributed by atoms with E-state index in [2.05, 4.69) is 45.6 Å². The van der Waals surface area contributed by atoms with E-state index < -0.39 is 0 Å². The summed E-state index contributed by atoms with van der Waals surface area (Å²) in [5, 5.41) is 3.35. The van der Waals surface area contributed by atoms with E-state index >= 15 is 0 Å². The third-order valence-corrected chi connectivity index (χ3v) is 3.18. The predicted molar refractivity (Wildman–Crippen MR) is 76.2 cm³/mol. The van der Waals surface area contributed by atoms with Crippen LogP contribution in [0.25, 0.3) is 0 Å². The lowest BCUT2D eigenvalue weighted by Crippen LogP contribution is -2.11. The van der Waals surface area contributed by atoms with Gasteiger partial charge in [0.15, 0.2) is 0 Å². The van der Waals surface area contributed by atoms with Crippen molar-refractivity contribution in [2.75, 3.05) is 11.9 Å². The molecule has 2 heterocycles. The first kappa shape index (κ1) is 13.5. The molecule has 1 N–H and O–H groups in total. The molecule has 19 heavy (non-hydrogen) atoms. The van der Waals surface area contributed by atoms with Crippen molar-refractivity contribution in [2.24, 2.45) is 0 Å². The van der Waals surface area contributed by atoms with Crippen molar-refractivity contribution < 1.29 is 0 Å². The second-order valence-corrected chi connectivity index (χ2v) is 5.06. The van der Waals surface area contributed by atoms with Gasteiger partial charge in [0, 0.05) is 36.7 Å². The molecular formula is C14H21N5. The summed E-state index contributed by atoms with van der Waals surface area (Å²) in [6.45, 7) is 7.33. The highest BCUT2D eigenvalue weighted by molar-refractivity contribution is 5.35. The molecule has 5 heteroatoms. The molecule has 0 saturated heterocycles. The molecular weight excluding hydrogens is 238 g/mol. The van der Waals surface area contributed by atoms with Crippen LogP contribution in [0.4, 0.5) is 5.82 Å². The third-order valence-electron chi connectivity index (χ3n) is 3.18. The Hall–Kier alpha value is -1.91. The zero-order chi connectivity index (χ0) is 13.7. The van der Waals surface area contributed by atoms with Crippen molar-refractivity contribution in [3.05, 3.63) is 36.8 Å². The topological polar surface area (TPSA) is 55.6 Å². The fraction of sp³-hybridized carbons (Fsp3) is 0.500. The fourth-order valence-electron chi connectivity index (χ4n) is 1.87. The first-order chi connectivity index (χ1) is 9.16. The van der Waals surface area contributed by atoms with E-state index in [1.54, 1.807) is 6.33 Å². The summed E-state index contributed by atoms with van der Waals surface area (Å²) < 4.78 is 2.11. The smallest absolute Gasteiger partial charge is 0.129 e. The second kappa shape index (κ2) is 6.31. The van der Waals surface area contributed by atoms with Crippen molar-refractivity contribution in [3.8, 4) is 0 Å². The summed E-state index contributed by atoms with van der Waals surface area (Å²) in [6.07, 6.45) is 8.30. The summed E-state index contributed by atoms with van der Waals surface area (Å²) in [4.78, 5) is 12.6. The number of imidazole rings is 1. The molecule has 0 spiro atoms. The average molecular weight is 259 g/mol. The maximum atomic E-state index is 4.26. The lowest BCUT2D eigenvalue weighted by molar-refractivity contribution is 0.519. The first-order valence-electron chi connectivity index (χ1n) is 6.70. The van der Waals surface area contributed by atoms with E-state index in [-0.39, 0.29) is 0 Å². The number of hydrogen-bond acceptors (Lipinski definition) is 4. The largest absolute Gasteiger partial charge is 0.370 e. The highest BCUT2D eigenvalue weighted by Gasteiger charge is 2.05. The van der Waals surface area contributed by atoms with E-state index in [4.69, 9.17) is 0 Å². The summed E-state index contributed by atoms with van der Waals surface area (Å²) in [6, 6.07) is 2.45. The van der Waals surface area contributed by atoms with Gasteiger partial charge in [-0.1, -0.05) is 13.8 Å². The average Bonchev–Trinajstić information content (AvgIpc) is 2.93. The van der Waals surface area contributed by atoms with Gasteiger partial charge in [-0.05, 0) is 19.3 Å². The maximum absolute atomic E-state index is 4.26. The van der Waals surface area contributed by atoms with E-state index in [0.29, 0.717) is 12.0 Å². The molecule has 2 rings (SSSR count). The molecule has 2 aromatic rings. The van der Waals surface area contributed by atoms with E-state index in [9.17, 15) is 0 Å². The van der Waals surface area contributed by atoms with Crippen LogP contribution in [0.2, 0.25) is 0 Å². The van der Waals surface area contributed by atoms with Gasteiger partial charge in [-0.15, -0.1) is 0 Å². The third kappa shape index (κ3) is 3.77. The minimum Gasteiger partial charge on any atom is -0.370 e. The Bertz CT molecular complexity index is 492. The second-order valence-electron chi connectivity index (χ2n) is 5.06. The minimum atomic E-state index is 0.424. The lowest BCUT2D eigenvalue weighted by Gasteiger charge is -2.14. The SMILES string of the molecule is CC(C)c1cc(NCC[C@H](C)n2ccnc2)ncn1. The van der Waals surface area contributed by atoms with Gasteiger partial charge in [0.05, 0.1) is 6.33 Å². The Morgan fingerprint density at radius 3 is 2.79 bits per heavy atom. The maximum Gasteiger partial charge on any atom is 0.129 e. The molecule has 0 aromatic carbocycles. The van der Waals surface area contributed by atoms with Crippen LogP contribution in [-0.2, 0) is 0 Å².